The Kier molecular flexibility index (Phi) is 2.64. The van der Waals surface area contributed by atoms with Gasteiger partial charge in [-0.25, -0.2) is 9.37 Å². The summed E-state index contributed by atoms with van der Waals surface area (Å²) in [6, 6.07) is 4.95. The lowest BCUT2D eigenvalue weighted by Gasteiger charge is -2.05. The summed E-state index contributed by atoms with van der Waals surface area (Å²) in [5.74, 6) is -0.167. The first-order chi connectivity index (χ1) is 7.20. The summed E-state index contributed by atoms with van der Waals surface area (Å²) in [4.78, 5) is 7.86. The fraction of sp³-hybridized carbons (Fsp3) is 0. The molecular formula is C10H7BrFN3. The van der Waals surface area contributed by atoms with Crippen molar-refractivity contribution < 1.29 is 4.39 Å². The van der Waals surface area contributed by atoms with Crippen LogP contribution in [0.5, 0.6) is 0 Å². The summed E-state index contributed by atoms with van der Waals surface area (Å²) in [5.41, 5.74) is 6.32. The normalized spacial score (nSPS) is 10.3. The summed E-state index contributed by atoms with van der Waals surface area (Å²) in [6.07, 6.45) is 2.95. The van der Waals surface area contributed by atoms with Crippen LogP contribution < -0.4 is 5.73 Å². The van der Waals surface area contributed by atoms with Gasteiger partial charge in [-0.15, -0.1) is 0 Å². The molecule has 2 N–H and O–H groups in total. The minimum absolute atomic E-state index is 0.217. The molecule has 0 aliphatic rings. The van der Waals surface area contributed by atoms with E-state index in [1.807, 2.05) is 0 Å². The van der Waals surface area contributed by atoms with Gasteiger partial charge in [-0.2, -0.15) is 0 Å². The lowest BCUT2D eigenvalue weighted by Crippen LogP contribution is -1.97. The Labute approximate surface area is 94.3 Å². The zero-order chi connectivity index (χ0) is 10.8. The van der Waals surface area contributed by atoms with E-state index in [0.29, 0.717) is 15.7 Å². The largest absolute Gasteiger partial charge is 0.382 e. The van der Waals surface area contributed by atoms with Crippen LogP contribution in [0.1, 0.15) is 0 Å². The number of benzene rings is 1. The molecule has 0 aliphatic heterocycles. The lowest BCUT2D eigenvalue weighted by molar-refractivity contribution is 0.624. The molecule has 1 aromatic carbocycles. The number of nitrogen functional groups attached to an aromatic ring is 1. The summed E-state index contributed by atoms with van der Waals surface area (Å²) < 4.78 is 14.1. The molecule has 0 atom stereocenters. The fourth-order valence-corrected chi connectivity index (χ4v) is 1.61. The third-order valence-corrected chi connectivity index (χ3v) is 2.55. The van der Waals surface area contributed by atoms with Crippen molar-refractivity contribution in [2.24, 2.45) is 0 Å². The van der Waals surface area contributed by atoms with Gasteiger partial charge in [0.1, 0.15) is 17.3 Å². The van der Waals surface area contributed by atoms with E-state index in [1.165, 1.54) is 12.4 Å². The number of hydrogen-bond donors (Lipinski definition) is 1. The minimum Gasteiger partial charge on any atom is -0.382 e. The maximum absolute atomic E-state index is 13.7. The maximum Gasteiger partial charge on any atom is 0.150 e. The van der Waals surface area contributed by atoms with Crippen LogP contribution in [0.3, 0.4) is 0 Å². The van der Waals surface area contributed by atoms with E-state index in [9.17, 15) is 4.39 Å². The Morgan fingerprint density at radius 2 is 1.93 bits per heavy atom. The number of nitrogens with zero attached hydrogens (tertiary/aromatic N) is 2. The molecule has 0 radical (unpaired) electrons. The van der Waals surface area contributed by atoms with Gasteiger partial charge in [-0.05, 0) is 28.1 Å². The van der Waals surface area contributed by atoms with Gasteiger partial charge in [0.05, 0.1) is 4.47 Å². The standard InChI is InChI=1S/C10H7BrFN3/c11-7-3-1-2-6(8(7)12)9-10(13)15-5-4-14-9/h1-5H,(H2,13,15). The van der Waals surface area contributed by atoms with Crippen LogP contribution in [0.25, 0.3) is 11.3 Å². The van der Waals surface area contributed by atoms with Crippen molar-refractivity contribution in [3.63, 3.8) is 0 Å². The first-order valence-electron chi connectivity index (χ1n) is 4.21. The molecule has 0 saturated heterocycles. The number of nitrogens with two attached hydrogens (primary N) is 1. The molecule has 0 saturated carbocycles. The van der Waals surface area contributed by atoms with E-state index >= 15 is 0 Å². The molecule has 2 rings (SSSR count). The molecule has 15 heavy (non-hydrogen) atoms. The Balaban J connectivity index is 2.65. The Bertz CT molecular complexity index is 502. The fourth-order valence-electron chi connectivity index (χ4n) is 1.24. The van der Waals surface area contributed by atoms with E-state index < -0.39 is 0 Å². The average Bonchev–Trinajstić information content (AvgIpc) is 2.23. The van der Waals surface area contributed by atoms with Gasteiger partial charge < -0.3 is 5.73 Å². The zero-order valence-electron chi connectivity index (χ0n) is 7.61. The number of rotatable bonds is 1. The molecule has 2 aromatic rings. The van der Waals surface area contributed by atoms with E-state index in [-0.39, 0.29) is 11.6 Å². The van der Waals surface area contributed by atoms with Crippen molar-refractivity contribution >= 4 is 21.7 Å². The quantitative estimate of drug-likeness (QED) is 0.864. The predicted octanol–water partition coefficient (Wildman–Crippen LogP) is 2.63. The van der Waals surface area contributed by atoms with Crippen LogP contribution in [0.2, 0.25) is 0 Å². The third-order valence-electron chi connectivity index (χ3n) is 1.93. The van der Waals surface area contributed by atoms with Gasteiger partial charge in [0.25, 0.3) is 0 Å². The molecule has 76 valence electrons. The van der Waals surface area contributed by atoms with Crippen LogP contribution >= 0.6 is 15.9 Å². The first kappa shape index (κ1) is 10.0. The van der Waals surface area contributed by atoms with Crippen molar-refractivity contribution in [3.05, 3.63) is 40.9 Å². The number of hydrogen-bond acceptors (Lipinski definition) is 3. The van der Waals surface area contributed by atoms with Crippen LogP contribution in [-0.2, 0) is 0 Å². The highest BCUT2D eigenvalue weighted by Crippen LogP contribution is 2.28. The summed E-state index contributed by atoms with van der Waals surface area (Å²) in [7, 11) is 0. The van der Waals surface area contributed by atoms with Gasteiger partial charge in [-0.3, -0.25) is 4.98 Å². The number of anilines is 1. The van der Waals surface area contributed by atoms with E-state index in [0.717, 1.165) is 0 Å². The van der Waals surface area contributed by atoms with Gasteiger partial charge >= 0.3 is 0 Å². The highest BCUT2D eigenvalue weighted by Gasteiger charge is 2.11. The van der Waals surface area contributed by atoms with Crippen molar-refractivity contribution in [2.45, 2.75) is 0 Å². The molecule has 0 aliphatic carbocycles. The molecule has 3 nitrogen and oxygen atoms in total. The lowest BCUT2D eigenvalue weighted by atomic mass is 10.1. The Hall–Kier alpha value is -1.49. The zero-order valence-corrected chi connectivity index (χ0v) is 9.20. The molecule has 0 bridgehead atoms. The van der Waals surface area contributed by atoms with Crippen LogP contribution in [0, 0.1) is 5.82 Å². The second kappa shape index (κ2) is 3.94. The monoisotopic (exact) mass is 267 g/mol. The molecule has 5 heteroatoms. The second-order valence-electron chi connectivity index (χ2n) is 2.89. The average molecular weight is 268 g/mol. The molecule has 0 fully saturated rings. The van der Waals surface area contributed by atoms with E-state index in [1.54, 1.807) is 18.2 Å². The number of halogens is 2. The SMILES string of the molecule is Nc1nccnc1-c1cccc(Br)c1F. The number of aromatic nitrogens is 2. The smallest absolute Gasteiger partial charge is 0.150 e. The van der Waals surface area contributed by atoms with Gasteiger partial charge in [0.15, 0.2) is 0 Å². The van der Waals surface area contributed by atoms with Crippen LogP contribution in [0.15, 0.2) is 35.1 Å². The van der Waals surface area contributed by atoms with Crippen molar-refractivity contribution in [1.29, 1.82) is 0 Å². The van der Waals surface area contributed by atoms with Crippen molar-refractivity contribution in [3.8, 4) is 11.3 Å². The van der Waals surface area contributed by atoms with E-state index in [4.69, 9.17) is 5.73 Å². The molecular weight excluding hydrogens is 261 g/mol. The molecule has 0 spiro atoms. The van der Waals surface area contributed by atoms with Crippen molar-refractivity contribution in [1.82, 2.24) is 9.97 Å². The molecule has 1 aromatic heterocycles. The summed E-state index contributed by atoms with van der Waals surface area (Å²) >= 11 is 3.10. The third kappa shape index (κ3) is 1.83. The van der Waals surface area contributed by atoms with E-state index in [2.05, 4.69) is 25.9 Å². The highest BCUT2D eigenvalue weighted by atomic mass is 79.9. The maximum atomic E-state index is 13.7. The topological polar surface area (TPSA) is 51.8 Å². The van der Waals surface area contributed by atoms with Crippen LogP contribution in [0.4, 0.5) is 10.2 Å². The van der Waals surface area contributed by atoms with Crippen LogP contribution in [-0.4, -0.2) is 9.97 Å². The predicted molar refractivity (Wildman–Crippen MR) is 59.5 cm³/mol. The van der Waals surface area contributed by atoms with Crippen molar-refractivity contribution in [2.75, 3.05) is 5.73 Å². The van der Waals surface area contributed by atoms with Gasteiger partial charge in [-0.1, -0.05) is 6.07 Å². The Morgan fingerprint density at radius 3 is 2.67 bits per heavy atom. The second-order valence-corrected chi connectivity index (χ2v) is 3.75. The molecule has 0 unspecified atom stereocenters. The van der Waals surface area contributed by atoms with Gasteiger partial charge in [0.2, 0.25) is 0 Å². The Morgan fingerprint density at radius 1 is 1.20 bits per heavy atom. The highest BCUT2D eigenvalue weighted by molar-refractivity contribution is 9.10. The molecule has 1 heterocycles. The minimum atomic E-state index is -0.385. The summed E-state index contributed by atoms with van der Waals surface area (Å²) in [5, 5.41) is 0. The summed E-state index contributed by atoms with van der Waals surface area (Å²) in [6.45, 7) is 0. The molecule has 0 amide bonds. The van der Waals surface area contributed by atoms with Gasteiger partial charge in [0, 0.05) is 18.0 Å². The first-order valence-corrected chi connectivity index (χ1v) is 5.00.